The van der Waals surface area contributed by atoms with Crippen molar-refractivity contribution >= 4 is 28.2 Å². The number of aliphatic hydroxyl groups is 1. The normalized spacial score (nSPS) is 18.1. The summed E-state index contributed by atoms with van der Waals surface area (Å²) in [5.74, 6) is -1.22. The molecule has 4 aromatic rings. The number of nitrogens with zero attached hydrogens (tertiary/aromatic N) is 2. The Labute approximate surface area is 178 Å². The van der Waals surface area contributed by atoms with Crippen molar-refractivity contribution in [1.82, 2.24) is 9.88 Å². The predicted octanol–water partition coefficient (Wildman–Crippen LogP) is 4.45. The smallest absolute Gasteiger partial charge is 0.296 e. The van der Waals surface area contributed by atoms with Gasteiger partial charge < -0.3 is 14.4 Å². The second kappa shape index (κ2) is 7.57. The molecule has 3 heterocycles. The minimum atomic E-state index is -0.831. The standard InChI is InChI=1S/C25H18N2O4/c28-23(19-8-3-6-17-5-1-2-7-18(17)19)21-22(20-9-4-14-31-20)27(25(30)24(21)29)15-16-10-12-26-13-11-16/h1-14,22,28H,15H2/b23-21-. The maximum atomic E-state index is 13.1. The lowest BCUT2D eigenvalue weighted by Crippen LogP contribution is -2.29. The minimum absolute atomic E-state index is 0.0189. The number of furan rings is 1. The number of Topliss-reactive ketones (excluding diaryl/α,β-unsaturated/α-hetero) is 1. The topological polar surface area (TPSA) is 83.6 Å². The van der Waals surface area contributed by atoms with E-state index in [1.165, 1.54) is 11.2 Å². The van der Waals surface area contributed by atoms with Crippen molar-refractivity contribution < 1.29 is 19.1 Å². The van der Waals surface area contributed by atoms with Crippen LogP contribution in [0.15, 0.2) is 95.4 Å². The third-order valence-electron chi connectivity index (χ3n) is 5.50. The number of benzene rings is 2. The number of likely N-dealkylation sites (tertiary alicyclic amines) is 1. The molecule has 0 spiro atoms. The zero-order valence-corrected chi connectivity index (χ0v) is 16.4. The molecule has 2 aromatic carbocycles. The van der Waals surface area contributed by atoms with E-state index in [4.69, 9.17) is 4.42 Å². The number of pyridine rings is 1. The summed E-state index contributed by atoms with van der Waals surface area (Å²) in [6, 6.07) is 19.2. The number of fused-ring (bicyclic) bond motifs is 1. The second-order valence-corrected chi connectivity index (χ2v) is 7.32. The van der Waals surface area contributed by atoms with Gasteiger partial charge in [0.2, 0.25) is 0 Å². The maximum absolute atomic E-state index is 13.1. The van der Waals surface area contributed by atoms with Crippen LogP contribution in [0.4, 0.5) is 0 Å². The fraction of sp³-hybridized carbons (Fsp3) is 0.0800. The van der Waals surface area contributed by atoms with Crippen molar-refractivity contribution in [1.29, 1.82) is 0 Å². The largest absolute Gasteiger partial charge is 0.507 e. The zero-order chi connectivity index (χ0) is 21.4. The summed E-state index contributed by atoms with van der Waals surface area (Å²) in [4.78, 5) is 31.5. The van der Waals surface area contributed by atoms with E-state index in [0.29, 0.717) is 11.3 Å². The number of rotatable bonds is 4. The van der Waals surface area contributed by atoms with Crippen molar-refractivity contribution in [2.45, 2.75) is 12.6 Å². The van der Waals surface area contributed by atoms with Crippen LogP contribution in [0.1, 0.15) is 22.9 Å². The first-order chi connectivity index (χ1) is 15.1. The van der Waals surface area contributed by atoms with Crippen LogP contribution in [-0.4, -0.2) is 26.7 Å². The highest BCUT2D eigenvalue weighted by molar-refractivity contribution is 6.46. The van der Waals surface area contributed by atoms with Gasteiger partial charge in [-0.25, -0.2) is 0 Å². The van der Waals surface area contributed by atoms with E-state index in [9.17, 15) is 14.7 Å². The number of aromatic nitrogens is 1. The number of ketones is 1. The fourth-order valence-corrected chi connectivity index (χ4v) is 4.05. The van der Waals surface area contributed by atoms with E-state index in [2.05, 4.69) is 4.98 Å². The van der Waals surface area contributed by atoms with Crippen molar-refractivity contribution in [2.75, 3.05) is 0 Å². The van der Waals surface area contributed by atoms with Crippen LogP contribution in [0.2, 0.25) is 0 Å². The van der Waals surface area contributed by atoms with E-state index in [-0.39, 0.29) is 17.9 Å². The number of carbonyl (C=O) groups excluding carboxylic acids is 2. The average Bonchev–Trinajstić information content (AvgIpc) is 3.42. The lowest BCUT2D eigenvalue weighted by atomic mass is 9.96. The van der Waals surface area contributed by atoms with Crippen molar-refractivity contribution in [3.63, 3.8) is 0 Å². The van der Waals surface area contributed by atoms with Gasteiger partial charge >= 0.3 is 0 Å². The Balaban J connectivity index is 1.69. The first-order valence-electron chi connectivity index (χ1n) is 9.84. The number of aliphatic hydroxyl groups excluding tert-OH is 1. The molecule has 152 valence electrons. The van der Waals surface area contributed by atoms with Crippen LogP contribution < -0.4 is 0 Å². The maximum Gasteiger partial charge on any atom is 0.296 e. The van der Waals surface area contributed by atoms with Gasteiger partial charge in [0.05, 0.1) is 11.8 Å². The van der Waals surface area contributed by atoms with E-state index >= 15 is 0 Å². The first kappa shape index (κ1) is 18.8. The van der Waals surface area contributed by atoms with Gasteiger partial charge in [-0.05, 0) is 40.6 Å². The zero-order valence-electron chi connectivity index (χ0n) is 16.4. The summed E-state index contributed by atoms with van der Waals surface area (Å²) < 4.78 is 5.58. The number of hydrogen-bond donors (Lipinski definition) is 1. The molecule has 0 aliphatic carbocycles. The third-order valence-corrected chi connectivity index (χ3v) is 5.50. The lowest BCUT2D eigenvalue weighted by Gasteiger charge is -2.23. The quantitative estimate of drug-likeness (QED) is 0.305. The highest BCUT2D eigenvalue weighted by Crippen LogP contribution is 2.41. The number of hydrogen-bond acceptors (Lipinski definition) is 5. The van der Waals surface area contributed by atoms with Gasteiger partial charge in [0.25, 0.3) is 11.7 Å². The Bertz CT molecular complexity index is 1300. The predicted molar refractivity (Wildman–Crippen MR) is 115 cm³/mol. The highest BCUT2D eigenvalue weighted by atomic mass is 16.3. The summed E-state index contributed by atoms with van der Waals surface area (Å²) in [6.45, 7) is 0.185. The Morgan fingerprint density at radius 2 is 1.74 bits per heavy atom. The Morgan fingerprint density at radius 1 is 0.968 bits per heavy atom. The first-order valence-corrected chi connectivity index (χ1v) is 9.84. The molecule has 1 N–H and O–H groups in total. The van der Waals surface area contributed by atoms with Crippen molar-refractivity contribution in [3.05, 3.63) is 108 Å². The van der Waals surface area contributed by atoms with Gasteiger partial charge in [0.15, 0.2) is 0 Å². The van der Waals surface area contributed by atoms with Gasteiger partial charge in [-0.1, -0.05) is 42.5 Å². The van der Waals surface area contributed by atoms with Crippen LogP contribution in [0.25, 0.3) is 16.5 Å². The molecule has 1 fully saturated rings. The van der Waals surface area contributed by atoms with E-state index < -0.39 is 17.7 Å². The molecule has 1 unspecified atom stereocenters. The number of carbonyl (C=O) groups is 2. The van der Waals surface area contributed by atoms with E-state index in [1.807, 2.05) is 36.4 Å². The third kappa shape index (κ3) is 3.18. The Hall–Kier alpha value is -4.19. The summed E-state index contributed by atoms with van der Waals surface area (Å²) in [5.41, 5.74) is 1.33. The van der Waals surface area contributed by atoms with Gasteiger partial charge in [-0.15, -0.1) is 0 Å². The molecule has 0 radical (unpaired) electrons. The molecular formula is C25H18N2O4. The highest BCUT2D eigenvalue weighted by Gasteiger charge is 2.47. The molecule has 0 saturated carbocycles. The molecule has 2 aromatic heterocycles. The van der Waals surface area contributed by atoms with Crippen LogP contribution >= 0.6 is 0 Å². The molecule has 1 saturated heterocycles. The van der Waals surface area contributed by atoms with E-state index in [0.717, 1.165) is 16.3 Å². The average molecular weight is 410 g/mol. The Kier molecular flexibility index (Phi) is 4.59. The minimum Gasteiger partial charge on any atom is -0.507 e. The molecule has 6 nitrogen and oxygen atoms in total. The molecule has 31 heavy (non-hydrogen) atoms. The molecule has 1 atom stereocenters. The number of amides is 1. The van der Waals surface area contributed by atoms with Gasteiger partial charge in [-0.3, -0.25) is 14.6 Å². The summed E-state index contributed by atoms with van der Waals surface area (Å²) in [7, 11) is 0. The van der Waals surface area contributed by atoms with Gasteiger partial charge in [0.1, 0.15) is 17.6 Å². The summed E-state index contributed by atoms with van der Waals surface area (Å²) >= 11 is 0. The van der Waals surface area contributed by atoms with Gasteiger partial charge in [-0.2, -0.15) is 0 Å². The lowest BCUT2D eigenvalue weighted by molar-refractivity contribution is -0.140. The van der Waals surface area contributed by atoms with Crippen LogP contribution in [0.5, 0.6) is 0 Å². The SMILES string of the molecule is O=C1C(=O)N(Cc2ccncc2)C(c2ccco2)/C1=C(/O)c1cccc2ccccc12. The fourth-order valence-electron chi connectivity index (χ4n) is 4.05. The monoisotopic (exact) mass is 410 g/mol. The molecular weight excluding hydrogens is 392 g/mol. The van der Waals surface area contributed by atoms with Crippen LogP contribution in [0.3, 0.4) is 0 Å². The van der Waals surface area contributed by atoms with E-state index in [1.54, 1.807) is 42.7 Å². The summed E-state index contributed by atoms with van der Waals surface area (Å²) in [5, 5.41) is 13.0. The summed E-state index contributed by atoms with van der Waals surface area (Å²) in [6.07, 6.45) is 4.74. The molecule has 1 aliphatic rings. The van der Waals surface area contributed by atoms with Crippen LogP contribution in [-0.2, 0) is 16.1 Å². The van der Waals surface area contributed by atoms with Gasteiger partial charge in [0, 0.05) is 24.5 Å². The molecule has 5 rings (SSSR count). The second-order valence-electron chi connectivity index (χ2n) is 7.32. The Morgan fingerprint density at radius 3 is 2.52 bits per heavy atom. The molecule has 1 aliphatic heterocycles. The molecule has 1 amide bonds. The molecule has 0 bridgehead atoms. The van der Waals surface area contributed by atoms with Crippen molar-refractivity contribution in [3.8, 4) is 0 Å². The van der Waals surface area contributed by atoms with Crippen molar-refractivity contribution in [2.24, 2.45) is 0 Å². The van der Waals surface area contributed by atoms with Crippen LogP contribution in [0, 0.1) is 0 Å². The molecule has 6 heteroatoms.